The highest BCUT2D eigenvalue weighted by molar-refractivity contribution is 5.91. The summed E-state index contributed by atoms with van der Waals surface area (Å²) in [4.78, 5) is 33.8. The summed E-state index contributed by atoms with van der Waals surface area (Å²) in [6.07, 6.45) is 0.529. The first-order valence-corrected chi connectivity index (χ1v) is 12.2. The van der Waals surface area contributed by atoms with E-state index in [0.29, 0.717) is 17.5 Å². The van der Waals surface area contributed by atoms with E-state index in [1.807, 2.05) is 6.92 Å². The van der Waals surface area contributed by atoms with Crippen molar-refractivity contribution in [3.8, 4) is 0 Å². The molecule has 4 N–H and O–H groups in total. The van der Waals surface area contributed by atoms with Crippen molar-refractivity contribution < 1.29 is 27.9 Å². The number of hydrogen-bond donors (Lipinski definition) is 4. The zero-order valence-corrected chi connectivity index (χ0v) is 20.0. The number of aromatic nitrogens is 2. The number of nitrogens with one attached hydrogen (secondary N) is 3. The average Bonchev–Trinajstić information content (AvgIpc) is 2.82. The van der Waals surface area contributed by atoms with Gasteiger partial charge >= 0.3 is 12.3 Å². The molecule has 1 aromatic heterocycles. The molecule has 1 unspecified atom stereocenters. The molecule has 2 aromatic rings. The van der Waals surface area contributed by atoms with Crippen LogP contribution in [0.15, 0.2) is 24.5 Å². The lowest BCUT2D eigenvalue weighted by Crippen LogP contribution is -2.63. The summed E-state index contributed by atoms with van der Waals surface area (Å²) in [6, 6.07) is 3.68. The predicted molar refractivity (Wildman–Crippen MR) is 128 cm³/mol. The van der Waals surface area contributed by atoms with Gasteiger partial charge in [0.1, 0.15) is 12.1 Å². The number of nitrogens with zero attached hydrogens (tertiary/aromatic N) is 3. The maximum absolute atomic E-state index is 13.1. The lowest BCUT2D eigenvalue weighted by Gasteiger charge is -2.47. The molecule has 2 amide bonds. The summed E-state index contributed by atoms with van der Waals surface area (Å²) in [5.74, 6) is 0.277. The Morgan fingerprint density at radius 3 is 2.53 bits per heavy atom. The van der Waals surface area contributed by atoms with Gasteiger partial charge in [-0.25, -0.2) is 14.8 Å². The zero-order valence-electron chi connectivity index (χ0n) is 20.0. The standard InChI is InChI=1S/C24H31F3N6O3/c1-2-19(32-23(35)36)14-3-6-17(7-4-14)33-11-16(12-33)31-21(34)10-28-22-18-9-15(24(25,26)27)5-8-20(18)29-13-30-22/h5,8-9,13-14,16-17,19,32H,2-4,6-7,10-12H2,1H3,(H,31,34)(H,35,36)(H,28,29,30). The number of carbonyl (C=O) groups excluding carboxylic acids is 1. The van der Waals surface area contributed by atoms with Crippen LogP contribution < -0.4 is 16.0 Å². The molecule has 1 aliphatic heterocycles. The van der Waals surface area contributed by atoms with Crippen molar-refractivity contribution in [3.05, 3.63) is 30.1 Å². The van der Waals surface area contributed by atoms with Gasteiger partial charge in [-0.15, -0.1) is 0 Å². The number of rotatable bonds is 8. The monoisotopic (exact) mass is 508 g/mol. The normalized spacial score (nSPS) is 22.0. The fourth-order valence-corrected chi connectivity index (χ4v) is 5.30. The Morgan fingerprint density at radius 1 is 1.17 bits per heavy atom. The first-order valence-electron chi connectivity index (χ1n) is 12.2. The summed E-state index contributed by atoms with van der Waals surface area (Å²) < 4.78 is 39.2. The predicted octanol–water partition coefficient (Wildman–Crippen LogP) is 3.47. The van der Waals surface area contributed by atoms with Gasteiger partial charge in [-0.3, -0.25) is 9.69 Å². The SMILES string of the molecule is CCC(NC(=O)O)C1CCC(N2CC(NC(=O)CNc3ncnc4ccc(C(F)(F)F)cc34)C2)CC1. The third kappa shape index (κ3) is 6.15. The molecule has 2 fully saturated rings. The van der Waals surface area contributed by atoms with Gasteiger partial charge in [-0.1, -0.05) is 6.92 Å². The highest BCUT2D eigenvalue weighted by atomic mass is 19.4. The molecule has 1 atom stereocenters. The average molecular weight is 509 g/mol. The van der Waals surface area contributed by atoms with Crippen LogP contribution in [-0.2, 0) is 11.0 Å². The van der Waals surface area contributed by atoms with Gasteiger partial charge in [0, 0.05) is 30.6 Å². The summed E-state index contributed by atoms with van der Waals surface area (Å²) in [6.45, 7) is 3.38. The summed E-state index contributed by atoms with van der Waals surface area (Å²) in [5, 5.41) is 17.6. The maximum Gasteiger partial charge on any atom is 0.416 e. The van der Waals surface area contributed by atoms with Crippen molar-refractivity contribution in [2.75, 3.05) is 25.0 Å². The molecule has 1 saturated carbocycles. The molecule has 2 aliphatic rings. The topological polar surface area (TPSA) is 119 Å². The van der Waals surface area contributed by atoms with Crippen LogP contribution in [0.3, 0.4) is 0 Å². The lowest BCUT2D eigenvalue weighted by molar-refractivity contribution is -0.137. The molecule has 4 rings (SSSR count). The van der Waals surface area contributed by atoms with E-state index in [2.05, 4.69) is 30.8 Å². The number of likely N-dealkylation sites (tertiary alicyclic amines) is 1. The Hall–Kier alpha value is -3.15. The third-order valence-corrected chi connectivity index (χ3v) is 7.23. The van der Waals surface area contributed by atoms with E-state index in [9.17, 15) is 22.8 Å². The molecule has 2 heterocycles. The molecule has 1 aliphatic carbocycles. The van der Waals surface area contributed by atoms with Gasteiger partial charge in [0.05, 0.1) is 23.7 Å². The van der Waals surface area contributed by atoms with Crippen molar-refractivity contribution in [1.82, 2.24) is 25.5 Å². The van der Waals surface area contributed by atoms with Crippen LogP contribution >= 0.6 is 0 Å². The molecule has 0 radical (unpaired) electrons. The number of halogens is 3. The molecule has 36 heavy (non-hydrogen) atoms. The van der Waals surface area contributed by atoms with Crippen LogP contribution in [0.4, 0.5) is 23.8 Å². The highest BCUT2D eigenvalue weighted by Gasteiger charge is 2.36. The number of fused-ring (bicyclic) bond motifs is 1. The van der Waals surface area contributed by atoms with E-state index in [0.717, 1.165) is 57.3 Å². The molecule has 1 aromatic carbocycles. The second-order valence-electron chi connectivity index (χ2n) is 9.56. The van der Waals surface area contributed by atoms with Crippen LogP contribution in [0.2, 0.25) is 0 Å². The van der Waals surface area contributed by atoms with Gasteiger partial charge in [0.2, 0.25) is 5.91 Å². The van der Waals surface area contributed by atoms with E-state index in [1.54, 1.807) is 0 Å². The van der Waals surface area contributed by atoms with Crippen LogP contribution in [0, 0.1) is 5.92 Å². The molecule has 0 spiro atoms. The minimum atomic E-state index is -4.49. The van der Waals surface area contributed by atoms with E-state index >= 15 is 0 Å². The summed E-state index contributed by atoms with van der Waals surface area (Å²) >= 11 is 0. The molecule has 1 saturated heterocycles. The van der Waals surface area contributed by atoms with Crippen LogP contribution in [-0.4, -0.2) is 69.7 Å². The molecule has 12 heteroatoms. The van der Waals surface area contributed by atoms with E-state index in [1.165, 1.54) is 12.4 Å². The first-order chi connectivity index (χ1) is 17.1. The lowest BCUT2D eigenvalue weighted by atomic mass is 9.79. The second kappa shape index (κ2) is 10.9. The number of carbonyl (C=O) groups is 2. The van der Waals surface area contributed by atoms with Gasteiger partial charge in [-0.2, -0.15) is 13.2 Å². The van der Waals surface area contributed by atoms with Crippen LogP contribution in [0.1, 0.15) is 44.6 Å². The smallest absolute Gasteiger partial charge is 0.416 e. The van der Waals surface area contributed by atoms with Crippen molar-refractivity contribution in [1.29, 1.82) is 0 Å². The number of alkyl halides is 3. The number of benzene rings is 1. The minimum Gasteiger partial charge on any atom is -0.465 e. The quantitative estimate of drug-likeness (QED) is 0.431. The van der Waals surface area contributed by atoms with Crippen LogP contribution in [0.5, 0.6) is 0 Å². The molecule has 9 nitrogen and oxygen atoms in total. The van der Waals surface area contributed by atoms with E-state index < -0.39 is 17.8 Å². The van der Waals surface area contributed by atoms with Crippen molar-refractivity contribution in [2.24, 2.45) is 5.92 Å². The fraction of sp³-hybridized carbons (Fsp3) is 0.583. The van der Waals surface area contributed by atoms with Crippen LogP contribution in [0.25, 0.3) is 10.9 Å². The first kappa shape index (κ1) is 25.9. The highest BCUT2D eigenvalue weighted by Crippen LogP contribution is 2.33. The summed E-state index contributed by atoms with van der Waals surface area (Å²) in [5.41, 5.74) is -0.446. The zero-order chi connectivity index (χ0) is 25.9. The largest absolute Gasteiger partial charge is 0.465 e. The fourth-order valence-electron chi connectivity index (χ4n) is 5.30. The van der Waals surface area contributed by atoms with E-state index in [-0.39, 0.29) is 35.7 Å². The number of amides is 2. The van der Waals surface area contributed by atoms with Gasteiger partial charge in [0.15, 0.2) is 0 Å². The Bertz CT molecular complexity index is 1080. The third-order valence-electron chi connectivity index (χ3n) is 7.23. The van der Waals surface area contributed by atoms with Crippen molar-refractivity contribution in [3.63, 3.8) is 0 Å². The Labute approximate surface area is 206 Å². The number of carboxylic acid groups (broad SMARTS) is 1. The van der Waals surface area contributed by atoms with Crippen molar-refractivity contribution >= 4 is 28.7 Å². The molecular formula is C24H31F3N6O3. The molecular weight excluding hydrogens is 477 g/mol. The maximum atomic E-state index is 13.1. The molecule has 196 valence electrons. The Kier molecular flexibility index (Phi) is 7.82. The Balaban J connectivity index is 1.22. The number of hydrogen-bond acceptors (Lipinski definition) is 6. The van der Waals surface area contributed by atoms with Gasteiger partial charge < -0.3 is 21.1 Å². The van der Waals surface area contributed by atoms with Gasteiger partial charge in [0.25, 0.3) is 0 Å². The van der Waals surface area contributed by atoms with E-state index in [4.69, 9.17) is 5.11 Å². The van der Waals surface area contributed by atoms with Crippen molar-refractivity contribution in [2.45, 2.75) is 63.3 Å². The summed E-state index contributed by atoms with van der Waals surface area (Å²) in [7, 11) is 0. The minimum absolute atomic E-state index is 0.00793. The second-order valence-corrected chi connectivity index (χ2v) is 9.56. The Morgan fingerprint density at radius 2 is 1.89 bits per heavy atom. The van der Waals surface area contributed by atoms with Gasteiger partial charge in [-0.05, 0) is 56.2 Å². The number of anilines is 1. The molecule has 0 bridgehead atoms.